The average Bonchev–Trinajstić information content (AvgIpc) is 3.28. The van der Waals surface area contributed by atoms with Gasteiger partial charge in [0.05, 0.1) is 12.1 Å². The average molecular weight is 537 g/mol. The highest BCUT2D eigenvalue weighted by Crippen LogP contribution is 2.38. The van der Waals surface area contributed by atoms with Crippen LogP contribution in [0.25, 0.3) is 21.2 Å². The molecule has 5 rings (SSSR count). The molecule has 4 aromatic rings. The fourth-order valence-electron chi connectivity index (χ4n) is 5.23. The van der Waals surface area contributed by atoms with Crippen LogP contribution in [0.15, 0.2) is 66.7 Å². The first-order chi connectivity index (χ1) is 18.0. The van der Waals surface area contributed by atoms with Crippen molar-refractivity contribution >= 4 is 38.9 Å². The summed E-state index contributed by atoms with van der Waals surface area (Å²) in [6.07, 6.45) is 3.86. The van der Waals surface area contributed by atoms with E-state index in [0.717, 1.165) is 58.2 Å². The Kier molecular flexibility index (Phi) is 7.79. The van der Waals surface area contributed by atoms with Gasteiger partial charge in [0, 0.05) is 34.3 Å². The number of carbonyl (C=O) groups excluding carboxylic acids is 1. The van der Waals surface area contributed by atoms with Crippen LogP contribution in [0.2, 0.25) is 5.02 Å². The van der Waals surface area contributed by atoms with Crippen LogP contribution in [0, 0.1) is 5.82 Å². The molecule has 0 atom stereocenters. The van der Waals surface area contributed by atoms with Crippen LogP contribution in [0.3, 0.4) is 0 Å². The minimum absolute atomic E-state index is 0.0478. The Hall–Kier alpha value is -2.93. The number of amides is 1. The maximum Gasteiger partial charge on any atom is 0.266 e. The van der Waals surface area contributed by atoms with Gasteiger partial charge in [0.2, 0.25) is 0 Å². The van der Waals surface area contributed by atoms with E-state index >= 15 is 0 Å². The van der Waals surface area contributed by atoms with Crippen molar-refractivity contribution < 1.29 is 13.9 Å². The summed E-state index contributed by atoms with van der Waals surface area (Å²) < 4.78 is 20.2. The third kappa shape index (κ3) is 5.37. The van der Waals surface area contributed by atoms with Crippen LogP contribution in [0.5, 0.6) is 5.75 Å². The normalized spacial score (nSPS) is 17.6. The predicted molar refractivity (Wildman–Crippen MR) is 150 cm³/mol. The highest BCUT2D eigenvalue weighted by molar-refractivity contribution is 7.21. The fraction of sp³-hybridized carbons (Fsp3) is 0.300. The van der Waals surface area contributed by atoms with Crippen molar-refractivity contribution in [3.8, 4) is 16.9 Å². The number of methoxy groups -OCH3 is 1. The first-order valence-electron chi connectivity index (χ1n) is 12.6. The summed E-state index contributed by atoms with van der Waals surface area (Å²) in [7, 11) is 3.64. The van der Waals surface area contributed by atoms with Gasteiger partial charge in [-0.15, -0.1) is 11.3 Å². The van der Waals surface area contributed by atoms with Gasteiger partial charge in [-0.05, 0) is 74.2 Å². The Morgan fingerprint density at radius 2 is 1.76 bits per heavy atom. The molecule has 0 radical (unpaired) electrons. The SMILES string of the molecule is CNC1CCC(N(Cc2cc(-c3ccc(F)cc3)ccc2OC)C(=O)c2sc3ccccc3c2Cl)CC1. The molecule has 1 aliphatic rings. The molecule has 1 saturated carbocycles. The molecule has 1 amide bonds. The molecule has 7 heteroatoms. The highest BCUT2D eigenvalue weighted by Gasteiger charge is 2.32. The lowest BCUT2D eigenvalue weighted by molar-refractivity contribution is 0.0604. The molecule has 1 heterocycles. The largest absolute Gasteiger partial charge is 0.496 e. The molecule has 0 saturated heterocycles. The minimum Gasteiger partial charge on any atom is -0.496 e. The Morgan fingerprint density at radius 1 is 1.05 bits per heavy atom. The van der Waals surface area contributed by atoms with Gasteiger partial charge in [0.15, 0.2) is 0 Å². The van der Waals surface area contributed by atoms with E-state index in [1.165, 1.54) is 23.5 Å². The number of nitrogens with zero attached hydrogens (tertiary/aromatic N) is 1. The highest BCUT2D eigenvalue weighted by atomic mass is 35.5. The first kappa shape index (κ1) is 25.7. The van der Waals surface area contributed by atoms with E-state index in [1.54, 1.807) is 19.2 Å². The summed E-state index contributed by atoms with van der Waals surface area (Å²) in [6.45, 7) is 0.399. The van der Waals surface area contributed by atoms with Crippen LogP contribution in [0.1, 0.15) is 40.9 Å². The molecule has 1 fully saturated rings. The van der Waals surface area contributed by atoms with Crippen molar-refractivity contribution in [1.29, 1.82) is 0 Å². The number of carbonyl (C=O) groups is 1. The van der Waals surface area contributed by atoms with Crippen molar-refractivity contribution in [2.24, 2.45) is 0 Å². The lowest BCUT2D eigenvalue weighted by Crippen LogP contribution is -2.44. The number of rotatable bonds is 7. The Morgan fingerprint density at radius 3 is 2.43 bits per heavy atom. The van der Waals surface area contributed by atoms with Crippen molar-refractivity contribution in [2.45, 2.75) is 44.3 Å². The van der Waals surface area contributed by atoms with Crippen molar-refractivity contribution in [2.75, 3.05) is 14.2 Å². The van der Waals surface area contributed by atoms with Gasteiger partial charge < -0.3 is 15.0 Å². The molecule has 1 aliphatic carbocycles. The van der Waals surface area contributed by atoms with E-state index in [-0.39, 0.29) is 17.8 Å². The molecular formula is C30H30ClFN2O2S. The van der Waals surface area contributed by atoms with Crippen LogP contribution in [-0.4, -0.2) is 37.0 Å². The lowest BCUT2D eigenvalue weighted by atomic mass is 9.89. The molecule has 1 N–H and O–H groups in total. The van der Waals surface area contributed by atoms with Gasteiger partial charge in [-0.2, -0.15) is 0 Å². The molecular weight excluding hydrogens is 507 g/mol. The lowest BCUT2D eigenvalue weighted by Gasteiger charge is -2.37. The summed E-state index contributed by atoms with van der Waals surface area (Å²) in [5, 5.41) is 4.81. The van der Waals surface area contributed by atoms with E-state index in [4.69, 9.17) is 16.3 Å². The van der Waals surface area contributed by atoms with Gasteiger partial charge in [-0.25, -0.2) is 4.39 Å². The molecule has 0 aliphatic heterocycles. The summed E-state index contributed by atoms with van der Waals surface area (Å²) >= 11 is 8.21. The quantitative estimate of drug-likeness (QED) is 0.265. The van der Waals surface area contributed by atoms with E-state index in [1.807, 2.05) is 54.4 Å². The number of halogens is 2. The van der Waals surface area contributed by atoms with Gasteiger partial charge >= 0.3 is 0 Å². The molecule has 1 aromatic heterocycles. The second-order valence-electron chi connectivity index (χ2n) is 9.50. The zero-order chi connectivity index (χ0) is 25.9. The maximum atomic E-state index is 14.1. The minimum atomic E-state index is -0.272. The van der Waals surface area contributed by atoms with Crippen LogP contribution in [-0.2, 0) is 6.54 Å². The number of nitrogens with one attached hydrogen (secondary N) is 1. The number of ether oxygens (including phenoxy) is 1. The van der Waals surface area contributed by atoms with Crippen molar-refractivity contribution in [1.82, 2.24) is 10.2 Å². The summed E-state index contributed by atoms with van der Waals surface area (Å²) in [5.74, 6) is 0.398. The zero-order valence-corrected chi connectivity index (χ0v) is 22.5. The van der Waals surface area contributed by atoms with E-state index in [0.29, 0.717) is 22.5 Å². The second-order valence-corrected chi connectivity index (χ2v) is 10.9. The Bertz CT molecular complexity index is 1400. The van der Waals surface area contributed by atoms with Crippen molar-refractivity contribution in [3.63, 3.8) is 0 Å². The molecule has 3 aromatic carbocycles. The number of benzene rings is 3. The Balaban J connectivity index is 1.52. The molecule has 0 spiro atoms. The van der Waals surface area contributed by atoms with Gasteiger partial charge in [-0.1, -0.05) is 48.0 Å². The number of hydrogen-bond acceptors (Lipinski definition) is 4. The monoisotopic (exact) mass is 536 g/mol. The number of hydrogen-bond donors (Lipinski definition) is 1. The van der Waals surface area contributed by atoms with E-state index in [9.17, 15) is 9.18 Å². The zero-order valence-electron chi connectivity index (χ0n) is 21.0. The molecule has 192 valence electrons. The molecule has 4 nitrogen and oxygen atoms in total. The van der Waals surface area contributed by atoms with Gasteiger partial charge in [-0.3, -0.25) is 4.79 Å². The fourth-order valence-corrected chi connectivity index (χ4v) is 6.70. The Labute approximate surface area is 226 Å². The number of fused-ring (bicyclic) bond motifs is 1. The molecule has 37 heavy (non-hydrogen) atoms. The molecule has 0 unspecified atom stereocenters. The first-order valence-corrected chi connectivity index (χ1v) is 13.8. The summed E-state index contributed by atoms with van der Waals surface area (Å²) in [5.41, 5.74) is 2.76. The van der Waals surface area contributed by atoms with E-state index in [2.05, 4.69) is 5.32 Å². The van der Waals surface area contributed by atoms with Crippen LogP contribution < -0.4 is 10.1 Å². The van der Waals surface area contributed by atoms with Gasteiger partial charge in [0.1, 0.15) is 16.4 Å². The maximum absolute atomic E-state index is 14.1. The summed E-state index contributed by atoms with van der Waals surface area (Å²) in [4.78, 5) is 16.7. The standard InChI is InChI=1S/C30H30ClFN2O2S/c1-33-23-12-14-24(15-13-23)34(30(35)29-28(31)25-5-3-4-6-27(25)37-29)18-21-17-20(9-16-26(21)36-2)19-7-10-22(32)11-8-19/h3-11,16-17,23-24,33H,12-15,18H2,1-2H3. The molecule has 0 bridgehead atoms. The second kappa shape index (κ2) is 11.2. The van der Waals surface area contributed by atoms with Gasteiger partial charge in [0.25, 0.3) is 5.91 Å². The number of thiophene rings is 1. The third-order valence-corrected chi connectivity index (χ3v) is 9.00. The third-order valence-electron chi connectivity index (χ3n) is 7.33. The topological polar surface area (TPSA) is 41.6 Å². The van der Waals surface area contributed by atoms with Crippen LogP contribution >= 0.6 is 22.9 Å². The van der Waals surface area contributed by atoms with E-state index < -0.39 is 0 Å². The smallest absolute Gasteiger partial charge is 0.266 e. The van der Waals surface area contributed by atoms with Crippen molar-refractivity contribution in [3.05, 3.63) is 88.0 Å². The summed E-state index contributed by atoms with van der Waals surface area (Å²) in [6, 6.07) is 20.8. The van der Waals surface area contributed by atoms with Crippen LogP contribution in [0.4, 0.5) is 4.39 Å². The predicted octanol–water partition coefficient (Wildman–Crippen LogP) is 7.54.